The number of benzene rings is 1. The van der Waals surface area contributed by atoms with Crippen molar-refractivity contribution < 1.29 is 19.3 Å². The smallest absolute Gasteiger partial charge is 0.231 e. The van der Waals surface area contributed by atoms with Crippen molar-refractivity contribution in [1.29, 1.82) is 0 Å². The Morgan fingerprint density at radius 3 is 3.00 bits per heavy atom. The number of rotatable bonds is 4. The lowest BCUT2D eigenvalue weighted by Crippen LogP contribution is -2.08. The largest absolute Gasteiger partial charge is 0.492 e. The lowest BCUT2D eigenvalue weighted by molar-refractivity contribution is 0.161. The first-order valence-corrected chi connectivity index (χ1v) is 5.12. The first-order valence-electron chi connectivity index (χ1n) is 5.12. The Morgan fingerprint density at radius 1 is 1.50 bits per heavy atom. The summed E-state index contributed by atoms with van der Waals surface area (Å²) < 4.78 is 15.8. The molecule has 16 heavy (non-hydrogen) atoms. The zero-order valence-corrected chi connectivity index (χ0v) is 9.10. The van der Waals surface area contributed by atoms with Crippen molar-refractivity contribution in [3.05, 3.63) is 17.7 Å². The van der Waals surface area contributed by atoms with E-state index in [-0.39, 0.29) is 6.79 Å². The van der Waals surface area contributed by atoms with E-state index in [1.807, 2.05) is 0 Å². The number of fused-ring (bicyclic) bond motifs is 1. The Bertz CT molecular complexity index is 380. The summed E-state index contributed by atoms with van der Waals surface area (Å²) in [5, 5.41) is 9.91. The van der Waals surface area contributed by atoms with E-state index >= 15 is 0 Å². The van der Waals surface area contributed by atoms with E-state index in [1.165, 1.54) is 7.11 Å². The van der Waals surface area contributed by atoms with E-state index in [0.29, 0.717) is 35.8 Å². The molecule has 1 aliphatic rings. The van der Waals surface area contributed by atoms with Gasteiger partial charge in [-0.15, -0.1) is 0 Å². The Hall–Kier alpha value is -1.46. The number of methoxy groups -OCH3 is 1. The highest BCUT2D eigenvalue weighted by Crippen LogP contribution is 2.45. The van der Waals surface area contributed by atoms with Crippen molar-refractivity contribution in [2.24, 2.45) is 5.73 Å². The molecule has 5 heteroatoms. The summed E-state index contributed by atoms with van der Waals surface area (Å²) in [6.45, 7) is 0.598. The van der Waals surface area contributed by atoms with Crippen LogP contribution in [0.25, 0.3) is 0 Å². The summed E-state index contributed by atoms with van der Waals surface area (Å²) in [6, 6.07) is 3.53. The van der Waals surface area contributed by atoms with Crippen molar-refractivity contribution in [2.75, 3.05) is 20.4 Å². The molecule has 0 aliphatic carbocycles. The molecule has 0 saturated carbocycles. The molecule has 0 radical (unpaired) electrons. The van der Waals surface area contributed by atoms with Gasteiger partial charge in [-0.05, 0) is 25.1 Å². The van der Waals surface area contributed by atoms with Crippen LogP contribution in [0.2, 0.25) is 0 Å². The summed E-state index contributed by atoms with van der Waals surface area (Å²) in [7, 11) is 1.54. The standard InChI is InChI=1S/C11H15NO4/c1-14-10-7(8(13)4-5-12)2-3-9-11(10)16-6-15-9/h2-3,8,13H,4-6,12H2,1H3. The summed E-state index contributed by atoms with van der Waals surface area (Å²) in [4.78, 5) is 0. The first-order chi connectivity index (χ1) is 7.77. The minimum Gasteiger partial charge on any atom is -0.492 e. The average molecular weight is 225 g/mol. The van der Waals surface area contributed by atoms with Gasteiger partial charge in [-0.3, -0.25) is 0 Å². The van der Waals surface area contributed by atoms with Crippen LogP contribution in [-0.4, -0.2) is 25.6 Å². The van der Waals surface area contributed by atoms with Gasteiger partial charge >= 0.3 is 0 Å². The molecular formula is C11H15NO4. The van der Waals surface area contributed by atoms with Crippen LogP contribution in [0.3, 0.4) is 0 Å². The molecule has 3 N–H and O–H groups in total. The fourth-order valence-corrected chi connectivity index (χ4v) is 1.75. The second kappa shape index (κ2) is 4.59. The van der Waals surface area contributed by atoms with Crippen molar-refractivity contribution >= 4 is 0 Å². The Kier molecular flexibility index (Phi) is 3.17. The monoisotopic (exact) mass is 225 g/mol. The molecule has 88 valence electrons. The number of hydrogen-bond donors (Lipinski definition) is 2. The number of aliphatic hydroxyl groups excluding tert-OH is 1. The summed E-state index contributed by atoms with van der Waals surface area (Å²) in [6.07, 6.45) is -0.162. The maximum Gasteiger partial charge on any atom is 0.231 e. The molecule has 0 amide bonds. The quantitative estimate of drug-likeness (QED) is 0.793. The van der Waals surface area contributed by atoms with E-state index in [9.17, 15) is 5.11 Å². The van der Waals surface area contributed by atoms with Gasteiger partial charge in [0.2, 0.25) is 12.5 Å². The van der Waals surface area contributed by atoms with E-state index in [0.717, 1.165) is 0 Å². The number of ether oxygens (including phenoxy) is 3. The van der Waals surface area contributed by atoms with Crippen LogP contribution in [-0.2, 0) is 0 Å². The van der Waals surface area contributed by atoms with Gasteiger partial charge < -0.3 is 25.1 Å². The first kappa shape index (κ1) is 11.0. The van der Waals surface area contributed by atoms with Gasteiger partial charge in [0.15, 0.2) is 11.5 Å². The molecule has 1 atom stereocenters. The van der Waals surface area contributed by atoms with Crippen LogP contribution in [0.1, 0.15) is 18.1 Å². The van der Waals surface area contributed by atoms with Crippen LogP contribution < -0.4 is 19.9 Å². The fourth-order valence-electron chi connectivity index (χ4n) is 1.75. The summed E-state index contributed by atoms with van der Waals surface area (Å²) >= 11 is 0. The third kappa shape index (κ3) is 1.79. The van der Waals surface area contributed by atoms with Gasteiger partial charge in [-0.1, -0.05) is 0 Å². The zero-order chi connectivity index (χ0) is 11.5. The van der Waals surface area contributed by atoms with Gasteiger partial charge in [0.25, 0.3) is 0 Å². The molecule has 1 aromatic rings. The molecule has 0 aromatic heterocycles. The molecule has 5 nitrogen and oxygen atoms in total. The number of hydrogen-bond acceptors (Lipinski definition) is 5. The van der Waals surface area contributed by atoms with Crippen LogP contribution in [0, 0.1) is 0 Å². The Labute approximate surface area is 93.7 Å². The lowest BCUT2D eigenvalue weighted by Gasteiger charge is -2.15. The van der Waals surface area contributed by atoms with E-state index in [4.69, 9.17) is 19.9 Å². The number of aliphatic hydroxyl groups is 1. The minimum atomic E-state index is -0.644. The van der Waals surface area contributed by atoms with Gasteiger partial charge in [0.05, 0.1) is 13.2 Å². The Morgan fingerprint density at radius 2 is 2.31 bits per heavy atom. The van der Waals surface area contributed by atoms with Crippen molar-refractivity contribution in [3.63, 3.8) is 0 Å². The van der Waals surface area contributed by atoms with Crippen LogP contribution in [0.4, 0.5) is 0 Å². The fraction of sp³-hybridized carbons (Fsp3) is 0.455. The third-order valence-electron chi connectivity index (χ3n) is 2.53. The van der Waals surface area contributed by atoms with Gasteiger partial charge in [-0.2, -0.15) is 0 Å². The second-order valence-corrected chi connectivity index (χ2v) is 3.51. The van der Waals surface area contributed by atoms with Gasteiger partial charge in [0, 0.05) is 5.56 Å². The summed E-state index contributed by atoms with van der Waals surface area (Å²) in [5.74, 6) is 1.72. The average Bonchev–Trinajstić information content (AvgIpc) is 2.75. The topological polar surface area (TPSA) is 73.9 Å². The van der Waals surface area contributed by atoms with Crippen molar-refractivity contribution in [2.45, 2.75) is 12.5 Å². The zero-order valence-electron chi connectivity index (χ0n) is 9.10. The van der Waals surface area contributed by atoms with E-state index in [2.05, 4.69) is 0 Å². The SMILES string of the molecule is COc1c(C(O)CCN)ccc2c1OCO2. The highest BCUT2D eigenvalue weighted by atomic mass is 16.7. The molecule has 0 spiro atoms. The molecule has 0 fully saturated rings. The minimum absolute atomic E-state index is 0.183. The van der Waals surface area contributed by atoms with E-state index in [1.54, 1.807) is 12.1 Å². The molecule has 0 bridgehead atoms. The van der Waals surface area contributed by atoms with Gasteiger partial charge in [-0.25, -0.2) is 0 Å². The number of nitrogens with two attached hydrogens (primary N) is 1. The summed E-state index contributed by atoms with van der Waals surface area (Å²) in [5.41, 5.74) is 6.09. The normalized spacial score (nSPS) is 14.9. The highest BCUT2D eigenvalue weighted by Gasteiger charge is 2.24. The molecule has 0 saturated heterocycles. The molecule has 2 rings (SSSR count). The van der Waals surface area contributed by atoms with Crippen LogP contribution >= 0.6 is 0 Å². The predicted molar refractivity (Wildman–Crippen MR) is 57.7 cm³/mol. The van der Waals surface area contributed by atoms with Gasteiger partial charge in [0.1, 0.15) is 0 Å². The molecule has 1 aliphatic heterocycles. The molecule has 1 unspecified atom stereocenters. The van der Waals surface area contributed by atoms with Crippen molar-refractivity contribution in [3.8, 4) is 17.2 Å². The second-order valence-electron chi connectivity index (χ2n) is 3.51. The van der Waals surface area contributed by atoms with Crippen LogP contribution in [0.5, 0.6) is 17.2 Å². The predicted octanol–water partition coefficient (Wildman–Crippen LogP) is 0.806. The highest BCUT2D eigenvalue weighted by molar-refractivity contribution is 5.57. The van der Waals surface area contributed by atoms with Crippen LogP contribution in [0.15, 0.2) is 12.1 Å². The molecule has 1 aromatic carbocycles. The molecule has 1 heterocycles. The Balaban J connectivity index is 2.38. The lowest BCUT2D eigenvalue weighted by atomic mass is 10.0. The maximum absolute atomic E-state index is 9.91. The van der Waals surface area contributed by atoms with Crippen molar-refractivity contribution in [1.82, 2.24) is 0 Å². The van der Waals surface area contributed by atoms with E-state index < -0.39 is 6.10 Å². The molecular weight excluding hydrogens is 210 g/mol. The maximum atomic E-state index is 9.91. The third-order valence-corrected chi connectivity index (χ3v) is 2.53.